The molecule has 7 nitrogen and oxygen atoms in total. The second-order valence-corrected chi connectivity index (χ2v) is 3.27. The minimum absolute atomic E-state index is 0.0873. The van der Waals surface area contributed by atoms with E-state index in [1.54, 1.807) is 0 Å². The summed E-state index contributed by atoms with van der Waals surface area (Å²) in [6, 6.07) is -0.862. The number of hydrogen-bond donors (Lipinski definition) is 6. The van der Waals surface area contributed by atoms with E-state index in [-0.39, 0.29) is 6.54 Å². The van der Waals surface area contributed by atoms with Gasteiger partial charge in [-0.15, -0.1) is 0 Å². The summed E-state index contributed by atoms with van der Waals surface area (Å²) in [7, 11) is 0. The first-order chi connectivity index (χ1) is 6.93. The molecule has 90 valence electrons. The Balaban J connectivity index is 4.35. The van der Waals surface area contributed by atoms with Gasteiger partial charge in [0.25, 0.3) is 0 Å². The van der Waals surface area contributed by atoms with E-state index in [1.165, 1.54) is 6.92 Å². The van der Waals surface area contributed by atoms with Gasteiger partial charge in [-0.25, -0.2) is 0 Å². The van der Waals surface area contributed by atoms with Crippen molar-refractivity contribution >= 4 is 5.91 Å². The van der Waals surface area contributed by atoms with Gasteiger partial charge in [0, 0.05) is 13.5 Å². The van der Waals surface area contributed by atoms with Gasteiger partial charge in [-0.1, -0.05) is 0 Å². The zero-order valence-corrected chi connectivity index (χ0v) is 8.50. The summed E-state index contributed by atoms with van der Waals surface area (Å²) in [4.78, 5) is 10.7. The first-order valence-electron chi connectivity index (χ1n) is 4.56. The van der Waals surface area contributed by atoms with E-state index in [9.17, 15) is 15.0 Å². The molecule has 0 fully saturated rings. The smallest absolute Gasteiger partial charge is 0.217 e. The van der Waals surface area contributed by atoms with Crippen molar-refractivity contribution in [3.05, 3.63) is 0 Å². The van der Waals surface area contributed by atoms with Crippen LogP contribution in [0.4, 0.5) is 0 Å². The SMILES string of the molecule is CC(=O)N[C@H](CN)[C@@H](O)[C@H](O)[C@H](O)CO. The third-order valence-electron chi connectivity index (χ3n) is 1.99. The fourth-order valence-corrected chi connectivity index (χ4v) is 1.12. The monoisotopic (exact) mass is 222 g/mol. The van der Waals surface area contributed by atoms with Gasteiger partial charge in [-0.2, -0.15) is 0 Å². The molecule has 15 heavy (non-hydrogen) atoms. The van der Waals surface area contributed by atoms with Gasteiger partial charge in [-0.3, -0.25) is 4.79 Å². The van der Waals surface area contributed by atoms with Crippen LogP contribution in [0.15, 0.2) is 0 Å². The van der Waals surface area contributed by atoms with Gasteiger partial charge < -0.3 is 31.5 Å². The molecule has 0 aromatic carbocycles. The lowest BCUT2D eigenvalue weighted by atomic mass is 10.0. The maximum atomic E-state index is 10.7. The van der Waals surface area contributed by atoms with Crippen molar-refractivity contribution in [3.8, 4) is 0 Å². The first-order valence-corrected chi connectivity index (χ1v) is 4.56. The quantitative estimate of drug-likeness (QED) is 0.276. The molecule has 1 amide bonds. The lowest BCUT2D eigenvalue weighted by molar-refractivity contribution is -0.123. The standard InChI is InChI=1S/C8H18N2O5/c1-4(12)10-5(2-9)7(14)8(15)6(13)3-11/h5-8,11,13-15H,2-3,9H2,1H3,(H,10,12)/t5-,6-,7-,8-/m1/s1. The molecule has 0 saturated carbocycles. The molecule has 0 bridgehead atoms. The maximum Gasteiger partial charge on any atom is 0.217 e. The maximum absolute atomic E-state index is 10.7. The molecule has 0 rings (SSSR count). The zero-order chi connectivity index (χ0) is 12.0. The number of carbonyl (C=O) groups excluding carboxylic acids is 1. The molecule has 0 aliphatic rings. The van der Waals surface area contributed by atoms with Crippen LogP contribution >= 0.6 is 0 Å². The van der Waals surface area contributed by atoms with Crippen LogP contribution in [0.25, 0.3) is 0 Å². The molecule has 0 saturated heterocycles. The molecule has 7 heteroatoms. The van der Waals surface area contributed by atoms with E-state index in [4.69, 9.17) is 15.9 Å². The van der Waals surface area contributed by atoms with Crippen LogP contribution in [-0.2, 0) is 4.79 Å². The van der Waals surface area contributed by atoms with E-state index in [1.807, 2.05) is 0 Å². The van der Waals surface area contributed by atoms with Gasteiger partial charge in [0.05, 0.1) is 12.6 Å². The Morgan fingerprint density at radius 3 is 2.20 bits per heavy atom. The molecular weight excluding hydrogens is 204 g/mol. The van der Waals surface area contributed by atoms with Crippen molar-refractivity contribution in [2.24, 2.45) is 5.73 Å². The summed E-state index contributed by atoms with van der Waals surface area (Å²) in [6.45, 7) is 0.468. The van der Waals surface area contributed by atoms with E-state index < -0.39 is 36.9 Å². The van der Waals surface area contributed by atoms with Gasteiger partial charge in [0.1, 0.15) is 18.3 Å². The van der Waals surface area contributed by atoms with Crippen molar-refractivity contribution in [2.75, 3.05) is 13.2 Å². The second kappa shape index (κ2) is 6.70. The van der Waals surface area contributed by atoms with Gasteiger partial charge in [-0.05, 0) is 0 Å². The third-order valence-corrected chi connectivity index (χ3v) is 1.99. The highest BCUT2D eigenvalue weighted by atomic mass is 16.4. The molecule has 0 aliphatic carbocycles. The average molecular weight is 222 g/mol. The molecule has 0 radical (unpaired) electrons. The molecule has 0 heterocycles. The highest BCUT2D eigenvalue weighted by molar-refractivity contribution is 5.73. The summed E-state index contributed by atoms with van der Waals surface area (Å²) in [6.07, 6.45) is -4.46. The number of aliphatic hydroxyl groups excluding tert-OH is 4. The number of nitrogens with one attached hydrogen (secondary N) is 1. The van der Waals surface area contributed by atoms with Crippen LogP contribution in [0.3, 0.4) is 0 Å². The molecule has 0 aliphatic heterocycles. The predicted molar refractivity (Wildman–Crippen MR) is 51.8 cm³/mol. The summed E-state index contributed by atoms with van der Waals surface area (Å²) >= 11 is 0. The van der Waals surface area contributed by atoms with Crippen molar-refractivity contribution in [1.29, 1.82) is 0 Å². The predicted octanol–water partition coefficient (Wildman–Crippen LogP) is -3.48. The van der Waals surface area contributed by atoms with E-state index in [2.05, 4.69) is 5.32 Å². The number of rotatable bonds is 6. The summed E-state index contributed by atoms with van der Waals surface area (Å²) < 4.78 is 0. The Hall–Kier alpha value is -0.730. The largest absolute Gasteiger partial charge is 0.394 e. The van der Waals surface area contributed by atoms with Crippen LogP contribution in [0.1, 0.15) is 6.92 Å². The normalized spacial score (nSPS) is 19.1. The van der Waals surface area contributed by atoms with Crippen LogP contribution in [0, 0.1) is 0 Å². The lowest BCUT2D eigenvalue weighted by Gasteiger charge is -2.28. The molecule has 0 aromatic rings. The zero-order valence-electron chi connectivity index (χ0n) is 8.50. The highest BCUT2D eigenvalue weighted by Gasteiger charge is 2.30. The molecule has 0 aromatic heterocycles. The third kappa shape index (κ3) is 4.54. The number of aliphatic hydroxyl groups is 4. The van der Waals surface area contributed by atoms with Crippen LogP contribution in [-0.4, -0.2) is 63.8 Å². The fourth-order valence-electron chi connectivity index (χ4n) is 1.12. The van der Waals surface area contributed by atoms with Crippen molar-refractivity contribution in [2.45, 2.75) is 31.3 Å². The van der Waals surface area contributed by atoms with Crippen LogP contribution in [0.5, 0.6) is 0 Å². The van der Waals surface area contributed by atoms with E-state index in [0.29, 0.717) is 0 Å². The first kappa shape index (κ1) is 14.3. The van der Waals surface area contributed by atoms with Gasteiger partial charge in [0.15, 0.2) is 0 Å². The Bertz CT molecular complexity index is 201. The number of hydrogen-bond acceptors (Lipinski definition) is 6. The van der Waals surface area contributed by atoms with Crippen molar-refractivity contribution in [3.63, 3.8) is 0 Å². The Morgan fingerprint density at radius 1 is 1.33 bits per heavy atom. The van der Waals surface area contributed by atoms with Gasteiger partial charge in [0.2, 0.25) is 5.91 Å². The lowest BCUT2D eigenvalue weighted by Crippen LogP contribution is -2.55. The van der Waals surface area contributed by atoms with Gasteiger partial charge >= 0.3 is 0 Å². The number of amides is 1. The number of nitrogens with two attached hydrogens (primary N) is 1. The van der Waals surface area contributed by atoms with E-state index in [0.717, 1.165) is 0 Å². The second-order valence-electron chi connectivity index (χ2n) is 3.27. The topological polar surface area (TPSA) is 136 Å². The minimum Gasteiger partial charge on any atom is -0.394 e. The fraction of sp³-hybridized carbons (Fsp3) is 0.875. The molecule has 0 spiro atoms. The molecular formula is C8H18N2O5. The highest BCUT2D eigenvalue weighted by Crippen LogP contribution is 2.04. The molecule has 4 atom stereocenters. The van der Waals surface area contributed by atoms with Crippen LogP contribution in [0.2, 0.25) is 0 Å². The Labute approximate surface area is 87.5 Å². The molecule has 7 N–H and O–H groups in total. The number of carbonyl (C=O) groups is 1. The van der Waals surface area contributed by atoms with Crippen LogP contribution < -0.4 is 11.1 Å². The summed E-state index contributed by atoms with van der Waals surface area (Å²) in [5.41, 5.74) is 5.27. The Morgan fingerprint density at radius 2 is 1.87 bits per heavy atom. The average Bonchev–Trinajstić information content (AvgIpc) is 2.22. The van der Waals surface area contributed by atoms with Crippen molar-refractivity contribution < 1.29 is 25.2 Å². The molecule has 0 unspecified atom stereocenters. The van der Waals surface area contributed by atoms with E-state index >= 15 is 0 Å². The van der Waals surface area contributed by atoms with Crippen molar-refractivity contribution in [1.82, 2.24) is 5.32 Å². The Kier molecular flexibility index (Phi) is 6.37. The summed E-state index contributed by atoms with van der Waals surface area (Å²) in [5.74, 6) is -0.407. The minimum atomic E-state index is -1.56. The summed E-state index contributed by atoms with van der Waals surface area (Å²) in [5, 5.41) is 38.8.